The highest BCUT2D eigenvalue weighted by Gasteiger charge is 2.41. The standard InChI is InChI=1S/C53H43NO/c1-51(2)43-16-10-7-13-37(43)39-27-24-35(30-46(39)51)54(36-25-28-40-38-14-8-11-17-44(38)52(3,4)47(40)31-36)34-22-19-32(20-23-34)33-21-26-41-45(29-33)53(5,6)49-42-15-9-12-18-48(42)55-50(41)49/h7-31H,1-6H3. The predicted molar refractivity (Wildman–Crippen MR) is 229 cm³/mol. The maximum absolute atomic E-state index is 6.46. The summed E-state index contributed by atoms with van der Waals surface area (Å²) in [5.74, 6) is 1.01. The second-order valence-electron chi connectivity index (χ2n) is 17.4. The summed E-state index contributed by atoms with van der Waals surface area (Å²) in [6, 6.07) is 56.5. The van der Waals surface area contributed by atoms with Crippen LogP contribution in [-0.4, -0.2) is 0 Å². The van der Waals surface area contributed by atoms with Crippen molar-refractivity contribution in [3.8, 4) is 44.7 Å². The Balaban J connectivity index is 1.03. The summed E-state index contributed by atoms with van der Waals surface area (Å²) in [5, 5.41) is 1.21. The Morgan fingerprint density at radius 1 is 0.382 bits per heavy atom. The minimum Gasteiger partial charge on any atom is -0.456 e. The fraction of sp³-hybridized carbons (Fsp3) is 0.170. The van der Waals surface area contributed by atoms with Gasteiger partial charge in [-0.2, -0.15) is 0 Å². The van der Waals surface area contributed by atoms with Crippen LogP contribution in [0.15, 0.2) is 156 Å². The van der Waals surface area contributed by atoms with Gasteiger partial charge in [-0.3, -0.25) is 0 Å². The van der Waals surface area contributed by atoms with Crippen LogP contribution in [0.2, 0.25) is 0 Å². The van der Waals surface area contributed by atoms with E-state index < -0.39 is 0 Å². The summed E-state index contributed by atoms with van der Waals surface area (Å²) in [5.41, 5.74) is 21.2. The van der Waals surface area contributed by atoms with Crippen LogP contribution in [0.25, 0.3) is 55.7 Å². The second kappa shape index (κ2) is 11.0. The first kappa shape index (κ1) is 32.3. The monoisotopic (exact) mass is 709 g/mol. The van der Waals surface area contributed by atoms with Gasteiger partial charge in [0, 0.05) is 49.8 Å². The van der Waals surface area contributed by atoms with Gasteiger partial charge in [-0.1, -0.05) is 145 Å². The minimum atomic E-state index is -0.161. The lowest BCUT2D eigenvalue weighted by Crippen LogP contribution is -2.18. The van der Waals surface area contributed by atoms with Crippen LogP contribution in [0.5, 0.6) is 0 Å². The average molecular weight is 710 g/mol. The number of benzene rings is 7. The third-order valence-corrected chi connectivity index (χ3v) is 13.3. The molecule has 1 aromatic heterocycles. The zero-order chi connectivity index (χ0) is 37.4. The summed E-state index contributed by atoms with van der Waals surface area (Å²) in [7, 11) is 0. The van der Waals surface area contributed by atoms with Crippen molar-refractivity contribution in [3.63, 3.8) is 0 Å². The van der Waals surface area contributed by atoms with E-state index in [1.165, 1.54) is 89.1 Å². The van der Waals surface area contributed by atoms with Crippen LogP contribution < -0.4 is 4.90 Å². The lowest BCUT2D eigenvalue weighted by Gasteiger charge is -2.30. The molecule has 8 aromatic rings. The Morgan fingerprint density at radius 3 is 1.47 bits per heavy atom. The maximum atomic E-state index is 6.46. The molecule has 0 fully saturated rings. The highest BCUT2D eigenvalue weighted by molar-refractivity contribution is 5.95. The second-order valence-corrected chi connectivity index (χ2v) is 17.4. The van der Waals surface area contributed by atoms with Gasteiger partial charge in [-0.25, -0.2) is 0 Å². The van der Waals surface area contributed by atoms with E-state index in [0.717, 1.165) is 17.0 Å². The van der Waals surface area contributed by atoms with Gasteiger partial charge in [-0.05, 0) is 110 Å². The van der Waals surface area contributed by atoms with E-state index in [9.17, 15) is 0 Å². The fourth-order valence-corrected chi connectivity index (χ4v) is 10.3. The SMILES string of the molecule is CC1(C)c2ccccc2-c2ccc(N(c3ccc(-c4ccc5c(c4)C(C)(C)c4c-5oc5ccccc45)cc3)c3ccc4c(c3)C(C)(C)c3ccccc3-4)cc21. The van der Waals surface area contributed by atoms with Crippen LogP contribution in [0.4, 0.5) is 17.1 Å². The smallest absolute Gasteiger partial charge is 0.139 e. The van der Waals surface area contributed by atoms with Crippen molar-refractivity contribution in [3.05, 3.63) is 185 Å². The highest BCUT2D eigenvalue weighted by atomic mass is 16.3. The number of hydrogen-bond donors (Lipinski definition) is 0. The van der Waals surface area contributed by atoms with E-state index >= 15 is 0 Å². The number of para-hydroxylation sites is 1. The van der Waals surface area contributed by atoms with E-state index in [4.69, 9.17) is 4.42 Å². The normalized spacial score (nSPS) is 15.9. The van der Waals surface area contributed by atoms with Crippen molar-refractivity contribution in [2.24, 2.45) is 0 Å². The summed E-state index contributed by atoms with van der Waals surface area (Å²) >= 11 is 0. The van der Waals surface area contributed by atoms with Crippen molar-refractivity contribution in [1.82, 2.24) is 0 Å². The minimum absolute atomic E-state index is 0.0947. The summed E-state index contributed by atoms with van der Waals surface area (Å²) in [4.78, 5) is 2.46. The van der Waals surface area contributed by atoms with Gasteiger partial charge in [0.25, 0.3) is 0 Å². The topological polar surface area (TPSA) is 16.4 Å². The van der Waals surface area contributed by atoms with Crippen LogP contribution in [0, 0.1) is 0 Å². The molecule has 0 saturated carbocycles. The van der Waals surface area contributed by atoms with Crippen LogP contribution in [-0.2, 0) is 16.2 Å². The summed E-state index contributed by atoms with van der Waals surface area (Å²) in [6.07, 6.45) is 0. The molecule has 3 aliphatic rings. The molecule has 55 heavy (non-hydrogen) atoms. The lowest BCUT2D eigenvalue weighted by molar-refractivity contribution is 0.619. The number of hydrogen-bond acceptors (Lipinski definition) is 2. The fourth-order valence-electron chi connectivity index (χ4n) is 10.3. The molecule has 3 aliphatic carbocycles. The summed E-state index contributed by atoms with van der Waals surface area (Å²) < 4.78 is 6.46. The van der Waals surface area contributed by atoms with Gasteiger partial charge >= 0.3 is 0 Å². The summed E-state index contributed by atoms with van der Waals surface area (Å²) in [6.45, 7) is 14.1. The number of fused-ring (bicyclic) bond motifs is 11. The van der Waals surface area contributed by atoms with E-state index in [1.807, 2.05) is 0 Å². The molecule has 2 heteroatoms. The molecular weight excluding hydrogens is 667 g/mol. The third-order valence-electron chi connectivity index (χ3n) is 13.3. The van der Waals surface area contributed by atoms with E-state index in [0.29, 0.717) is 0 Å². The van der Waals surface area contributed by atoms with Crippen molar-refractivity contribution >= 4 is 28.0 Å². The number of furan rings is 1. The Morgan fingerprint density at radius 2 is 0.855 bits per heavy atom. The Labute approximate surface area is 323 Å². The van der Waals surface area contributed by atoms with Crippen molar-refractivity contribution < 1.29 is 4.42 Å². The predicted octanol–water partition coefficient (Wildman–Crippen LogP) is 14.5. The zero-order valence-corrected chi connectivity index (χ0v) is 32.3. The third kappa shape index (κ3) is 4.37. The number of rotatable bonds is 4. The first-order chi connectivity index (χ1) is 26.5. The van der Waals surface area contributed by atoms with Gasteiger partial charge in [0.05, 0.1) is 0 Å². The van der Waals surface area contributed by atoms with Gasteiger partial charge in [0.1, 0.15) is 11.3 Å². The van der Waals surface area contributed by atoms with E-state index in [2.05, 4.69) is 198 Å². The molecule has 0 bridgehead atoms. The molecule has 0 atom stereocenters. The Kier molecular flexibility index (Phi) is 6.45. The molecule has 11 rings (SSSR count). The molecule has 0 spiro atoms. The molecule has 1 heterocycles. The molecule has 0 saturated heterocycles. The number of nitrogens with zero attached hydrogens (tertiary/aromatic N) is 1. The van der Waals surface area contributed by atoms with Crippen LogP contribution in [0.3, 0.4) is 0 Å². The first-order valence-corrected chi connectivity index (χ1v) is 19.6. The molecule has 7 aromatic carbocycles. The van der Waals surface area contributed by atoms with Gasteiger partial charge < -0.3 is 9.32 Å². The highest BCUT2D eigenvalue weighted by Crippen LogP contribution is 2.55. The van der Waals surface area contributed by atoms with Crippen molar-refractivity contribution in [1.29, 1.82) is 0 Å². The molecule has 0 N–H and O–H groups in total. The van der Waals surface area contributed by atoms with Crippen LogP contribution in [0.1, 0.15) is 74.9 Å². The van der Waals surface area contributed by atoms with Crippen molar-refractivity contribution in [2.75, 3.05) is 4.90 Å². The quantitative estimate of drug-likeness (QED) is 0.181. The largest absolute Gasteiger partial charge is 0.456 e. The lowest BCUT2D eigenvalue weighted by atomic mass is 9.80. The van der Waals surface area contributed by atoms with Crippen LogP contribution >= 0.6 is 0 Å². The van der Waals surface area contributed by atoms with E-state index in [1.54, 1.807) is 0 Å². The molecule has 2 nitrogen and oxygen atoms in total. The first-order valence-electron chi connectivity index (χ1n) is 19.6. The molecule has 0 aliphatic heterocycles. The zero-order valence-electron chi connectivity index (χ0n) is 32.3. The molecule has 266 valence electrons. The molecule has 0 amide bonds. The molecular formula is C53H43NO. The van der Waals surface area contributed by atoms with E-state index in [-0.39, 0.29) is 16.2 Å². The Hall–Kier alpha value is -6.12. The van der Waals surface area contributed by atoms with Crippen molar-refractivity contribution in [2.45, 2.75) is 57.8 Å². The average Bonchev–Trinajstić information content (AvgIpc) is 3.85. The maximum Gasteiger partial charge on any atom is 0.139 e. The van der Waals surface area contributed by atoms with Gasteiger partial charge in [-0.15, -0.1) is 0 Å². The Bertz CT molecular complexity index is 2790. The molecule has 0 unspecified atom stereocenters. The van der Waals surface area contributed by atoms with Gasteiger partial charge in [0.15, 0.2) is 0 Å². The number of anilines is 3. The molecule has 0 radical (unpaired) electrons. The van der Waals surface area contributed by atoms with Gasteiger partial charge in [0.2, 0.25) is 0 Å².